The fraction of sp³-hybridized carbons (Fsp3) is 0.286. The number of ether oxygens (including phenoxy) is 3. The van der Waals surface area contributed by atoms with Crippen LogP contribution in [0.5, 0.6) is 17.2 Å². The number of rotatable bonds is 5. The highest BCUT2D eigenvalue weighted by Gasteiger charge is 2.49. The number of fused-ring (bicyclic) bond motifs is 1. The van der Waals surface area contributed by atoms with Crippen molar-refractivity contribution in [1.29, 1.82) is 0 Å². The van der Waals surface area contributed by atoms with Crippen molar-refractivity contribution in [2.75, 3.05) is 32.2 Å². The monoisotopic (exact) mass is 411 g/mol. The lowest BCUT2D eigenvalue weighted by Gasteiger charge is -2.25. The molecule has 0 radical (unpaired) electrons. The van der Waals surface area contributed by atoms with Gasteiger partial charge in [-0.1, -0.05) is 6.07 Å². The van der Waals surface area contributed by atoms with Crippen molar-refractivity contribution in [3.63, 3.8) is 0 Å². The first kappa shape index (κ1) is 19.6. The van der Waals surface area contributed by atoms with Gasteiger partial charge < -0.3 is 24.8 Å². The molecular formula is C21H21N3O6. The molecule has 2 aliphatic heterocycles. The molecule has 0 spiro atoms. The van der Waals surface area contributed by atoms with E-state index in [0.29, 0.717) is 41.7 Å². The van der Waals surface area contributed by atoms with Crippen LogP contribution in [-0.2, 0) is 15.1 Å². The fourth-order valence-corrected chi connectivity index (χ4v) is 3.41. The molecule has 1 unspecified atom stereocenters. The third kappa shape index (κ3) is 3.49. The summed E-state index contributed by atoms with van der Waals surface area (Å²) in [5.74, 6) is 0.736. The smallest absolute Gasteiger partial charge is 0.325 e. The van der Waals surface area contributed by atoms with Gasteiger partial charge in [-0.2, -0.15) is 0 Å². The van der Waals surface area contributed by atoms with E-state index in [1.165, 1.54) is 0 Å². The number of nitrogens with one attached hydrogen (secondary N) is 2. The molecule has 9 nitrogen and oxygen atoms in total. The molecule has 9 heteroatoms. The SMILES string of the molecule is COc1ccc(NC(=O)CN2C(=O)NC(C)(c3ccc4c(c3)OCCO4)C2=O)cc1. The van der Waals surface area contributed by atoms with Gasteiger partial charge in [0.25, 0.3) is 5.91 Å². The van der Waals surface area contributed by atoms with Gasteiger partial charge in [0.15, 0.2) is 11.5 Å². The Morgan fingerprint density at radius 3 is 2.53 bits per heavy atom. The zero-order valence-corrected chi connectivity index (χ0v) is 16.6. The van der Waals surface area contributed by atoms with Crippen LogP contribution in [0.3, 0.4) is 0 Å². The van der Waals surface area contributed by atoms with Crippen molar-refractivity contribution in [2.24, 2.45) is 0 Å². The largest absolute Gasteiger partial charge is 0.497 e. The highest BCUT2D eigenvalue weighted by atomic mass is 16.6. The number of carbonyl (C=O) groups excluding carboxylic acids is 3. The number of urea groups is 1. The molecule has 0 saturated carbocycles. The zero-order chi connectivity index (χ0) is 21.3. The molecule has 2 aromatic rings. The van der Waals surface area contributed by atoms with Crippen LogP contribution in [0.25, 0.3) is 0 Å². The summed E-state index contributed by atoms with van der Waals surface area (Å²) in [7, 11) is 1.55. The molecule has 1 saturated heterocycles. The molecule has 30 heavy (non-hydrogen) atoms. The van der Waals surface area contributed by atoms with Crippen molar-refractivity contribution in [3.8, 4) is 17.2 Å². The standard InChI is InChI=1S/C21H21N3O6/c1-21(13-3-8-16-17(11-13)30-10-9-29-16)19(26)24(20(27)23-21)12-18(25)22-14-4-6-15(28-2)7-5-14/h3-8,11H,9-10,12H2,1-2H3,(H,22,25)(H,23,27). The molecule has 0 aromatic heterocycles. The van der Waals surface area contributed by atoms with Gasteiger partial charge in [-0.05, 0) is 48.9 Å². The third-order valence-corrected chi connectivity index (χ3v) is 5.07. The molecule has 4 rings (SSSR count). The Morgan fingerprint density at radius 2 is 1.83 bits per heavy atom. The van der Waals surface area contributed by atoms with Crippen LogP contribution in [0.4, 0.5) is 10.5 Å². The normalized spacial score (nSPS) is 20.0. The molecule has 0 bridgehead atoms. The minimum absolute atomic E-state index is 0.406. The topological polar surface area (TPSA) is 106 Å². The summed E-state index contributed by atoms with van der Waals surface area (Å²) in [6, 6.07) is 11.2. The fourth-order valence-electron chi connectivity index (χ4n) is 3.41. The van der Waals surface area contributed by atoms with Gasteiger partial charge in [0.1, 0.15) is 31.0 Å². The van der Waals surface area contributed by atoms with Crippen LogP contribution in [0.15, 0.2) is 42.5 Å². The molecule has 1 fully saturated rings. The maximum Gasteiger partial charge on any atom is 0.325 e. The maximum absolute atomic E-state index is 13.1. The second kappa shape index (κ2) is 7.58. The van der Waals surface area contributed by atoms with Crippen LogP contribution < -0.4 is 24.8 Å². The Labute approximate surface area is 172 Å². The number of imide groups is 1. The Hall–Kier alpha value is -3.75. The molecular weight excluding hydrogens is 390 g/mol. The molecule has 2 N–H and O–H groups in total. The summed E-state index contributed by atoms with van der Waals surface area (Å²) in [4.78, 5) is 38.8. The van der Waals surface area contributed by atoms with Crippen LogP contribution in [0.1, 0.15) is 12.5 Å². The van der Waals surface area contributed by atoms with Gasteiger partial charge in [0.05, 0.1) is 7.11 Å². The lowest BCUT2D eigenvalue weighted by Crippen LogP contribution is -2.42. The van der Waals surface area contributed by atoms with Crippen molar-refractivity contribution in [2.45, 2.75) is 12.5 Å². The van der Waals surface area contributed by atoms with E-state index in [2.05, 4.69) is 10.6 Å². The second-order valence-corrected chi connectivity index (χ2v) is 7.08. The molecule has 156 valence electrons. The van der Waals surface area contributed by atoms with E-state index in [0.717, 1.165) is 4.90 Å². The number of amides is 4. The van der Waals surface area contributed by atoms with Crippen molar-refractivity contribution in [3.05, 3.63) is 48.0 Å². The number of hydrogen-bond acceptors (Lipinski definition) is 6. The van der Waals surface area contributed by atoms with E-state index in [9.17, 15) is 14.4 Å². The predicted molar refractivity (Wildman–Crippen MR) is 107 cm³/mol. The Kier molecular flexibility index (Phi) is 4.94. The first-order valence-electron chi connectivity index (χ1n) is 9.39. The Morgan fingerprint density at radius 1 is 1.13 bits per heavy atom. The molecule has 4 amide bonds. The summed E-state index contributed by atoms with van der Waals surface area (Å²) in [5, 5.41) is 5.35. The zero-order valence-electron chi connectivity index (χ0n) is 16.6. The third-order valence-electron chi connectivity index (χ3n) is 5.07. The van der Waals surface area contributed by atoms with Gasteiger partial charge in [0.2, 0.25) is 5.91 Å². The van der Waals surface area contributed by atoms with Crippen molar-refractivity contribution >= 4 is 23.5 Å². The quantitative estimate of drug-likeness (QED) is 0.728. The highest BCUT2D eigenvalue weighted by molar-refractivity contribution is 6.10. The van der Waals surface area contributed by atoms with E-state index >= 15 is 0 Å². The summed E-state index contributed by atoms with van der Waals surface area (Å²) in [6.07, 6.45) is 0. The summed E-state index contributed by atoms with van der Waals surface area (Å²) < 4.78 is 16.1. The van der Waals surface area contributed by atoms with E-state index in [4.69, 9.17) is 14.2 Å². The van der Waals surface area contributed by atoms with Crippen LogP contribution in [0.2, 0.25) is 0 Å². The number of methoxy groups -OCH3 is 1. The summed E-state index contributed by atoms with van der Waals surface area (Å²) in [6.45, 7) is 2.05. The van der Waals surface area contributed by atoms with E-state index in [-0.39, 0.29) is 0 Å². The maximum atomic E-state index is 13.1. The van der Waals surface area contributed by atoms with Crippen molar-refractivity contribution in [1.82, 2.24) is 10.2 Å². The lowest BCUT2D eigenvalue weighted by atomic mass is 9.91. The second-order valence-electron chi connectivity index (χ2n) is 7.08. The van der Waals surface area contributed by atoms with E-state index in [1.807, 2.05) is 0 Å². The Balaban J connectivity index is 1.48. The van der Waals surface area contributed by atoms with Gasteiger partial charge in [-0.25, -0.2) is 4.79 Å². The highest BCUT2D eigenvalue weighted by Crippen LogP contribution is 2.36. The van der Waals surface area contributed by atoms with Gasteiger partial charge in [-0.3, -0.25) is 14.5 Å². The summed E-state index contributed by atoms with van der Waals surface area (Å²) >= 11 is 0. The molecule has 1 atom stereocenters. The average Bonchev–Trinajstić information content (AvgIpc) is 2.98. The molecule has 2 heterocycles. The van der Waals surface area contributed by atoms with Crippen LogP contribution in [-0.4, -0.2) is 49.6 Å². The first-order chi connectivity index (χ1) is 14.4. The number of benzene rings is 2. The van der Waals surface area contributed by atoms with Crippen LogP contribution in [0, 0.1) is 0 Å². The molecule has 0 aliphatic carbocycles. The molecule has 2 aromatic carbocycles. The number of anilines is 1. The predicted octanol–water partition coefficient (Wildman–Crippen LogP) is 1.87. The average molecular weight is 411 g/mol. The number of nitrogens with zero attached hydrogens (tertiary/aromatic N) is 1. The Bertz CT molecular complexity index is 1010. The summed E-state index contributed by atoms with van der Waals surface area (Å²) in [5.41, 5.74) is -0.238. The lowest BCUT2D eigenvalue weighted by molar-refractivity contribution is -0.133. The van der Waals surface area contributed by atoms with Crippen molar-refractivity contribution < 1.29 is 28.6 Å². The van der Waals surface area contributed by atoms with Gasteiger partial charge >= 0.3 is 6.03 Å². The van der Waals surface area contributed by atoms with E-state index in [1.54, 1.807) is 56.5 Å². The van der Waals surface area contributed by atoms with Crippen LogP contribution >= 0.6 is 0 Å². The number of carbonyl (C=O) groups is 3. The van der Waals surface area contributed by atoms with E-state index < -0.39 is 29.9 Å². The van der Waals surface area contributed by atoms with Gasteiger partial charge in [0, 0.05) is 5.69 Å². The molecule has 2 aliphatic rings. The first-order valence-corrected chi connectivity index (χ1v) is 9.39. The minimum atomic E-state index is -1.31. The van der Waals surface area contributed by atoms with Gasteiger partial charge in [-0.15, -0.1) is 0 Å². The minimum Gasteiger partial charge on any atom is -0.497 e. The number of hydrogen-bond donors (Lipinski definition) is 2.